The molecule has 2 aromatic rings. The Bertz CT molecular complexity index is 1110. The molecule has 0 aliphatic carbocycles. The van der Waals surface area contributed by atoms with Crippen LogP contribution < -0.4 is 9.62 Å². The lowest BCUT2D eigenvalue weighted by Gasteiger charge is -2.30. The van der Waals surface area contributed by atoms with Crippen molar-refractivity contribution in [3.8, 4) is 0 Å². The van der Waals surface area contributed by atoms with Gasteiger partial charge in [-0.3, -0.25) is 13.9 Å². The second kappa shape index (κ2) is 12.7. The summed E-state index contributed by atoms with van der Waals surface area (Å²) in [6.07, 6.45) is 1.64. The van der Waals surface area contributed by atoms with Gasteiger partial charge < -0.3 is 10.2 Å². The molecule has 0 aliphatic heterocycles. The van der Waals surface area contributed by atoms with E-state index in [-0.39, 0.29) is 24.8 Å². The second-order valence-electron chi connectivity index (χ2n) is 9.60. The number of benzene rings is 2. The third-order valence-corrected chi connectivity index (χ3v) is 6.92. The number of rotatable bonds is 12. The largest absolute Gasteiger partial charge is 0.354 e. The van der Waals surface area contributed by atoms with E-state index in [4.69, 9.17) is 0 Å². The Kier molecular flexibility index (Phi) is 10.3. The Labute approximate surface area is 210 Å². The maximum Gasteiger partial charge on any atom is 0.242 e. The second-order valence-corrected chi connectivity index (χ2v) is 11.5. The van der Waals surface area contributed by atoms with Crippen molar-refractivity contribution in [1.29, 1.82) is 0 Å². The molecule has 0 fully saturated rings. The predicted octanol–water partition coefficient (Wildman–Crippen LogP) is 4.04. The third-order valence-electron chi connectivity index (χ3n) is 5.73. The fourth-order valence-electron chi connectivity index (χ4n) is 3.83. The lowest BCUT2D eigenvalue weighted by Crippen LogP contribution is -2.48. The van der Waals surface area contributed by atoms with Gasteiger partial charge in [0.25, 0.3) is 0 Å². The van der Waals surface area contributed by atoms with Crippen LogP contribution in [0.5, 0.6) is 0 Å². The van der Waals surface area contributed by atoms with Gasteiger partial charge in [-0.2, -0.15) is 0 Å². The summed E-state index contributed by atoms with van der Waals surface area (Å²) in [7, 11) is -3.51. The van der Waals surface area contributed by atoms with Gasteiger partial charge in [0.2, 0.25) is 21.8 Å². The van der Waals surface area contributed by atoms with Crippen LogP contribution >= 0.6 is 0 Å². The molecule has 1 N–H and O–H groups in total. The minimum absolute atomic E-state index is 0.130. The summed E-state index contributed by atoms with van der Waals surface area (Å²) in [6.45, 7) is 10.7. The summed E-state index contributed by atoms with van der Waals surface area (Å²) in [4.78, 5) is 27.7. The van der Waals surface area contributed by atoms with E-state index in [1.165, 1.54) is 10.6 Å². The summed E-state index contributed by atoms with van der Waals surface area (Å²) in [5.41, 5.74) is 3.56. The zero-order valence-corrected chi connectivity index (χ0v) is 22.6. The number of hydrogen-bond donors (Lipinski definition) is 1. The third kappa shape index (κ3) is 9.02. The Morgan fingerprint density at radius 2 is 1.60 bits per heavy atom. The highest BCUT2D eigenvalue weighted by Crippen LogP contribution is 2.20. The topological polar surface area (TPSA) is 86.8 Å². The SMILES string of the molecule is Cc1cccc(CN(C(=O)CCCN(c2cccc(C)c2)S(C)(=O)=O)[C@@H](C)C(=O)NCC(C)C)c1. The summed E-state index contributed by atoms with van der Waals surface area (Å²) in [5, 5.41) is 2.92. The highest BCUT2D eigenvalue weighted by molar-refractivity contribution is 7.92. The highest BCUT2D eigenvalue weighted by atomic mass is 32.2. The maximum atomic E-state index is 13.3. The van der Waals surface area contributed by atoms with Gasteiger partial charge >= 0.3 is 0 Å². The van der Waals surface area contributed by atoms with Crippen molar-refractivity contribution in [3.05, 3.63) is 65.2 Å². The molecule has 0 radical (unpaired) electrons. The number of nitrogens with one attached hydrogen (secondary N) is 1. The molecule has 2 rings (SSSR count). The first-order chi connectivity index (χ1) is 16.4. The molecule has 0 unspecified atom stereocenters. The van der Waals surface area contributed by atoms with Crippen molar-refractivity contribution in [2.75, 3.05) is 23.7 Å². The molecule has 192 valence electrons. The quantitative estimate of drug-likeness (QED) is 0.476. The number of amides is 2. The molecule has 7 nitrogen and oxygen atoms in total. The Balaban J connectivity index is 2.16. The molecule has 0 aromatic heterocycles. The average Bonchev–Trinajstić information content (AvgIpc) is 2.77. The van der Waals surface area contributed by atoms with Crippen molar-refractivity contribution >= 4 is 27.5 Å². The van der Waals surface area contributed by atoms with Crippen LogP contribution in [0, 0.1) is 19.8 Å². The van der Waals surface area contributed by atoms with Crippen LogP contribution in [0.15, 0.2) is 48.5 Å². The minimum Gasteiger partial charge on any atom is -0.354 e. The molecule has 0 saturated heterocycles. The van der Waals surface area contributed by atoms with Crippen molar-refractivity contribution in [2.24, 2.45) is 5.92 Å². The molecule has 35 heavy (non-hydrogen) atoms. The summed E-state index contributed by atoms with van der Waals surface area (Å²) < 4.78 is 26.2. The summed E-state index contributed by atoms with van der Waals surface area (Å²) in [5.74, 6) is -0.0794. The van der Waals surface area contributed by atoms with Crippen LogP contribution in [0.2, 0.25) is 0 Å². The van der Waals surface area contributed by atoms with E-state index in [2.05, 4.69) is 5.32 Å². The van der Waals surface area contributed by atoms with Crippen LogP contribution in [0.1, 0.15) is 50.3 Å². The van der Waals surface area contributed by atoms with Gasteiger partial charge in [0.05, 0.1) is 11.9 Å². The van der Waals surface area contributed by atoms with Gasteiger partial charge in [-0.1, -0.05) is 55.8 Å². The number of carbonyl (C=O) groups excluding carboxylic acids is 2. The van der Waals surface area contributed by atoms with Gasteiger partial charge in [0, 0.05) is 26.1 Å². The Morgan fingerprint density at radius 1 is 0.971 bits per heavy atom. The molecule has 0 bridgehead atoms. The van der Waals surface area contributed by atoms with Crippen LogP contribution in [0.3, 0.4) is 0 Å². The van der Waals surface area contributed by atoms with Crippen molar-refractivity contribution in [2.45, 2.75) is 60.0 Å². The van der Waals surface area contributed by atoms with Gasteiger partial charge in [0.15, 0.2) is 0 Å². The molecule has 0 spiro atoms. The first kappa shape index (κ1) is 28.4. The van der Waals surface area contributed by atoms with Crippen molar-refractivity contribution in [3.63, 3.8) is 0 Å². The lowest BCUT2D eigenvalue weighted by atomic mass is 10.1. The molecular formula is C27H39N3O4S. The van der Waals surface area contributed by atoms with Crippen molar-refractivity contribution < 1.29 is 18.0 Å². The number of hydrogen-bond acceptors (Lipinski definition) is 4. The van der Waals surface area contributed by atoms with E-state index in [1.807, 2.05) is 70.2 Å². The van der Waals surface area contributed by atoms with Gasteiger partial charge in [-0.25, -0.2) is 8.42 Å². The van der Waals surface area contributed by atoms with Crippen LogP contribution in [-0.2, 0) is 26.2 Å². The lowest BCUT2D eigenvalue weighted by molar-refractivity contribution is -0.140. The first-order valence-electron chi connectivity index (χ1n) is 12.1. The zero-order chi connectivity index (χ0) is 26.2. The van der Waals surface area contributed by atoms with Crippen molar-refractivity contribution in [1.82, 2.24) is 10.2 Å². The number of carbonyl (C=O) groups is 2. The van der Waals surface area contributed by atoms with E-state index >= 15 is 0 Å². The fraction of sp³-hybridized carbons (Fsp3) is 0.481. The van der Waals surface area contributed by atoms with E-state index in [0.29, 0.717) is 31.1 Å². The smallest absolute Gasteiger partial charge is 0.242 e. The molecule has 1 atom stereocenters. The zero-order valence-electron chi connectivity index (χ0n) is 21.7. The standard InChI is InChI=1S/C27H39N3O4S/c1-20(2)18-28-27(32)23(5)29(19-24-12-7-10-21(3)16-24)26(31)14-9-15-30(35(6,33)34)25-13-8-11-22(4)17-25/h7-8,10-13,16-17,20,23H,9,14-15,18-19H2,1-6H3,(H,28,32)/t23-/m0/s1. The number of nitrogens with zero attached hydrogens (tertiary/aromatic N) is 2. The molecular weight excluding hydrogens is 462 g/mol. The first-order valence-corrected chi connectivity index (χ1v) is 13.9. The molecule has 8 heteroatoms. The van der Waals surface area contributed by atoms with Crippen LogP contribution in [0.25, 0.3) is 0 Å². The molecule has 2 aromatic carbocycles. The van der Waals surface area contributed by atoms with Gasteiger partial charge in [-0.05, 0) is 56.4 Å². The predicted molar refractivity (Wildman–Crippen MR) is 142 cm³/mol. The number of aryl methyl sites for hydroxylation is 2. The summed E-state index contributed by atoms with van der Waals surface area (Å²) in [6, 6.07) is 14.5. The maximum absolute atomic E-state index is 13.3. The Morgan fingerprint density at radius 3 is 2.17 bits per heavy atom. The van der Waals surface area contributed by atoms with Gasteiger partial charge in [-0.15, -0.1) is 0 Å². The minimum atomic E-state index is -3.51. The Hall–Kier alpha value is -2.87. The number of sulfonamides is 1. The van der Waals surface area contributed by atoms with Gasteiger partial charge in [0.1, 0.15) is 6.04 Å². The fourth-order valence-corrected chi connectivity index (χ4v) is 4.79. The van der Waals surface area contributed by atoms with E-state index in [0.717, 1.165) is 16.7 Å². The van der Waals surface area contributed by atoms with E-state index in [9.17, 15) is 18.0 Å². The highest BCUT2D eigenvalue weighted by Gasteiger charge is 2.26. The molecule has 0 aliphatic rings. The monoisotopic (exact) mass is 501 g/mol. The van der Waals surface area contributed by atoms with Crippen LogP contribution in [0.4, 0.5) is 5.69 Å². The normalized spacial score (nSPS) is 12.3. The van der Waals surface area contributed by atoms with Crippen LogP contribution in [-0.4, -0.2) is 50.5 Å². The molecule has 0 heterocycles. The van der Waals surface area contributed by atoms with E-state index in [1.54, 1.807) is 17.9 Å². The van der Waals surface area contributed by atoms with E-state index < -0.39 is 16.1 Å². The average molecular weight is 502 g/mol. The summed E-state index contributed by atoms with van der Waals surface area (Å²) >= 11 is 0. The molecule has 2 amide bonds. The number of anilines is 1. The molecule has 0 saturated carbocycles.